The first kappa shape index (κ1) is 39.9. The molecule has 2 aromatic heterocycles. The number of anilines is 2. The van der Waals surface area contributed by atoms with Crippen LogP contribution < -0.4 is 20.9 Å². The molecule has 2 aliphatic heterocycles. The number of aryl methyl sites for hydroxylation is 8. The molecular weight excluding hydrogens is 721 g/mol. The summed E-state index contributed by atoms with van der Waals surface area (Å²) in [6.45, 7) is 12.0. The Morgan fingerprint density at radius 2 is 0.828 bits per heavy atom. The van der Waals surface area contributed by atoms with Gasteiger partial charge in [-0.05, 0) is 146 Å². The zero-order valence-electron chi connectivity index (χ0n) is 34.8. The number of rotatable bonds is 6. The molecule has 58 heavy (non-hydrogen) atoms. The van der Waals surface area contributed by atoms with E-state index in [9.17, 15) is 19.2 Å². The van der Waals surface area contributed by atoms with Gasteiger partial charge in [0.25, 0.3) is 11.1 Å². The van der Waals surface area contributed by atoms with Gasteiger partial charge in [0.1, 0.15) is 0 Å². The summed E-state index contributed by atoms with van der Waals surface area (Å²) in [6, 6.07) is 32.8. The molecule has 2 unspecified atom stereocenters. The van der Waals surface area contributed by atoms with Crippen molar-refractivity contribution in [2.45, 2.75) is 79.3 Å². The Kier molecular flexibility index (Phi) is 11.2. The van der Waals surface area contributed by atoms with Gasteiger partial charge in [-0.2, -0.15) is 0 Å². The van der Waals surface area contributed by atoms with E-state index in [1.54, 1.807) is 23.2 Å². The van der Waals surface area contributed by atoms with Gasteiger partial charge in [0.05, 0.1) is 12.1 Å². The maximum Gasteiger partial charge on any atom is 0.253 e. The van der Waals surface area contributed by atoms with Crippen LogP contribution in [-0.4, -0.2) is 20.9 Å². The van der Waals surface area contributed by atoms with Crippen LogP contribution in [0.1, 0.15) is 83.3 Å². The molecule has 0 aliphatic carbocycles. The van der Waals surface area contributed by atoms with E-state index in [1.165, 1.54) is 11.1 Å². The summed E-state index contributed by atoms with van der Waals surface area (Å²) < 4.78 is 3.27. The van der Waals surface area contributed by atoms with E-state index >= 15 is 0 Å². The molecule has 0 saturated heterocycles. The number of benzene rings is 4. The second kappa shape index (κ2) is 16.3. The number of hydrogen-bond acceptors (Lipinski definition) is 4. The number of fused-ring (bicyclic) bond motifs is 2. The summed E-state index contributed by atoms with van der Waals surface area (Å²) in [5, 5.41) is 0. The average molecular weight is 773 g/mol. The van der Waals surface area contributed by atoms with Gasteiger partial charge in [-0.3, -0.25) is 19.2 Å². The van der Waals surface area contributed by atoms with Gasteiger partial charge in [-0.25, -0.2) is 0 Å². The molecule has 296 valence electrons. The van der Waals surface area contributed by atoms with Crippen molar-refractivity contribution in [1.82, 2.24) is 9.13 Å². The topological polar surface area (TPSA) is 84.6 Å². The van der Waals surface area contributed by atoms with E-state index in [4.69, 9.17) is 0 Å². The van der Waals surface area contributed by atoms with Crippen molar-refractivity contribution in [3.05, 3.63) is 175 Å². The van der Waals surface area contributed by atoms with Crippen LogP contribution in [0.4, 0.5) is 11.4 Å². The molecule has 0 bridgehead atoms. The third-order valence-electron chi connectivity index (χ3n) is 11.8. The molecule has 0 radical (unpaired) electrons. The van der Waals surface area contributed by atoms with Crippen molar-refractivity contribution in [2.24, 2.45) is 14.1 Å². The highest BCUT2D eigenvalue weighted by Crippen LogP contribution is 2.40. The van der Waals surface area contributed by atoms with Crippen molar-refractivity contribution >= 4 is 23.2 Å². The molecule has 6 aromatic rings. The number of carbonyl (C=O) groups is 2. The fourth-order valence-corrected chi connectivity index (χ4v) is 8.60. The van der Waals surface area contributed by atoms with Gasteiger partial charge in [-0.1, -0.05) is 60.7 Å². The van der Waals surface area contributed by atoms with Crippen LogP contribution in [0.2, 0.25) is 0 Å². The minimum Gasteiger partial charge on any atom is -0.318 e. The fraction of sp³-hybridized carbons (Fsp3) is 0.280. The summed E-state index contributed by atoms with van der Waals surface area (Å²) >= 11 is 0. The van der Waals surface area contributed by atoms with Crippen LogP contribution in [0, 0.1) is 27.7 Å². The predicted octanol–water partition coefficient (Wildman–Crippen LogP) is 9.42. The Bertz CT molecular complexity index is 2420. The van der Waals surface area contributed by atoms with Gasteiger partial charge in [-0.15, -0.1) is 0 Å². The maximum absolute atomic E-state index is 12.9. The molecule has 8 rings (SSSR count). The van der Waals surface area contributed by atoms with Crippen LogP contribution >= 0.6 is 0 Å². The molecule has 0 saturated carbocycles. The van der Waals surface area contributed by atoms with Crippen LogP contribution in [0.25, 0.3) is 22.3 Å². The third-order valence-corrected chi connectivity index (χ3v) is 11.8. The SMILES string of the molecule is Cc1cc2c(cc1-c1cc(C)c(=O)n(C)c1)CCC(=O)N2C(C)c1ccccc1.Cc1cc2c(cc1-c1cc(C)c(=O)n(C)c1)CCC(=O)N2C(C)c1ccccc1. The minimum atomic E-state index is -0.0206. The Labute approximate surface area is 341 Å². The molecule has 0 N–H and O–H groups in total. The molecular formula is C50H52N4O4. The van der Waals surface area contributed by atoms with E-state index in [-0.39, 0.29) is 35.0 Å². The molecule has 8 nitrogen and oxygen atoms in total. The molecule has 2 amide bonds. The van der Waals surface area contributed by atoms with Gasteiger partial charge in [0, 0.05) is 61.8 Å². The second-order valence-electron chi connectivity index (χ2n) is 15.9. The highest BCUT2D eigenvalue weighted by molar-refractivity contribution is 5.99. The smallest absolute Gasteiger partial charge is 0.253 e. The summed E-state index contributed by atoms with van der Waals surface area (Å²) in [7, 11) is 3.57. The summed E-state index contributed by atoms with van der Waals surface area (Å²) in [4.78, 5) is 53.7. The van der Waals surface area contributed by atoms with Crippen LogP contribution in [0.5, 0.6) is 0 Å². The summed E-state index contributed by atoms with van der Waals surface area (Å²) in [5.41, 5.74) is 14.6. The zero-order valence-corrected chi connectivity index (χ0v) is 34.8. The van der Waals surface area contributed by atoms with E-state index in [0.29, 0.717) is 12.8 Å². The molecule has 8 heteroatoms. The first-order valence-corrected chi connectivity index (χ1v) is 20.1. The quantitative estimate of drug-likeness (QED) is 0.169. The number of nitrogens with zero attached hydrogens (tertiary/aromatic N) is 4. The zero-order chi connectivity index (χ0) is 41.4. The highest BCUT2D eigenvalue weighted by atomic mass is 16.2. The van der Waals surface area contributed by atoms with Gasteiger partial charge in [0.15, 0.2) is 0 Å². The monoisotopic (exact) mass is 772 g/mol. The molecule has 4 heterocycles. The Morgan fingerprint density at radius 1 is 0.466 bits per heavy atom. The largest absolute Gasteiger partial charge is 0.318 e. The van der Waals surface area contributed by atoms with Crippen molar-refractivity contribution in [3.8, 4) is 22.3 Å². The number of hydrogen-bond donors (Lipinski definition) is 0. The van der Waals surface area contributed by atoms with E-state index < -0.39 is 0 Å². The first-order chi connectivity index (χ1) is 27.7. The second-order valence-corrected chi connectivity index (χ2v) is 15.9. The number of carbonyl (C=O) groups excluding carboxylic acids is 2. The Morgan fingerprint density at radius 3 is 1.17 bits per heavy atom. The minimum absolute atomic E-state index is 0.0206. The third kappa shape index (κ3) is 7.71. The van der Waals surface area contributed by atoms with Crippen LogP contribution in [0.15, 0.2) is 119 Å². The normalized spacial score (nSPS) is 14.6. The summed E-state index contributed by atoms with van der Waals surface area (Å²) in [5.74, 6) is 0.331. The predicted molar refractivity (Wildman–Crippen MR) is 235 cm³/mol. The van der Waals surface area contributed by atoms with Crippen molar-refractivity contribution < 1.29 is 9.59 Å². The van der Waals surface area contributed by atoms with E-state index in [2.05, 4.69) is 76.2 Å². The molecule has 0 spiro atoms. The molecule has 2 atom stereocenters. The Balaban J connectivity index is 0.000000177. The fourth-order valence-electron chi connectivity index (χ4n) is 8.60. The average Bonchev–Trinajstić information content (AvgIpc) is 3.21. The van der Waals surface area contributed by atoms with Gasteiger partial charge < -0.3 is 18.9 Å². The number of amides is 2. The van der Waals surface area contributed by atoms with Crippen molar-refractivity contribution in [2.75, 3.05) is 9.80 Å². The molecule has 4 aromatic carbocycles. The maximum atomic E-state index is 12.9. The summed E-state index contributed by atoms with van der Waals surface area (Å²) in [6.07, 6.45) is 6.29. The number of aromatic nitrogens is 2. The standard InChI is InChI=1S/2C25H26N2O2/c2*1-16-13-23-20(14-22(16)21-12-17(2)25(29)26(4)15-21)10-11-24(28)27(23)18(3)19-8-6-5-7-9-19/h2*5-9,12-15,18H,10-11H2,1-4H3. The number of pyridine rings is 2. The molecule has 0 fully saturated rings. The lowest BCUT2D eigenvalue weighted by Crippen LogP contribution is -2.37. The van der Waals surface area contributed by atoms with Crippen LogP contribution in [0.3, 0.4) is 0 Å². The van der Waals surface area contributed by atoms with Gasteiger partial charge >= 0.3 is 0 Å². The lowest BCUT2D eigenvalue weighted by atomic mass is 9.91. The van der Waals surface area contributed by atoms with Gasteiger partial charge in [0.2, 0.25) is 11.8 Å². The highest BCUT2D eigenvalue weighted by Gasteiger charge is 2.31. The van der Waals surface area contributed by atoms with E-state index in [1.807, 2.05) is 84.6 Å². The first-order valence-electron chi connectivity index (χ1n) is 20.1. The van der Waals surface area contributed by atoms with Crippen LogP contribution in [-0.2, 0) is 36.5 Å². The van der Waals surface area contributed by atoms with E-state index in [0.717, 1.165) is 79.9 Å². The molecule has 2 aliphatic rings. The lowest BCUT2D eigenvalue weighted by Gasteiger charge is -2.35. The lowest BCUT2D eigenvalue weighted by molar-refractivity contribution is -0.120. The van der Waals surface area contributed by atoms with Crippen molar-refractivity contribution in [1.29, 1.82) is 0 Å². The Hall–Kier alpha value is -6.28. The van der Waals surface area contributed by atoms with Crippen molar-refractivity contribution in [3.63, 3.8) is 0 Å².